The third kappa shape index (κ3) is 3.50. The molecule has 4 rings (SSSR count). The molecule has 2 aromatic heterocycles. The predicted molar refractivity (Wildman–Crippen MR) is 106 cm³/mol. The molecule has 0 unspecified atom stereocenters. The number of aromatic amines is 1. The first-order valence-corrected chi connectivity index (χ1v) is 8.74. The van der Waals surface area contributed by atoms with Crippen molar-refractivity contribution in [2.24, 2.45) is 0 Å². The Morgan fingerprint density at radius 1 is 1.28 bits per heavy atom. The maximum Gasteiger partial charge on any atom is 0.269 e. The number of aryl methyl sites for hydroxylation is 1. The number of hydrogen-bond acceptors (Lipinski definition) is 7. The van der Waals surface area contributed by atoms with Crippen LogP contribution in [0.5, 0.6) is 0 Å². The number of aromatic nitrogens is 4. The lowest BCUT2D eigenvalue weighted by Gasteiger charge is -2.05. The maximum atomic E-state index is 13.0. The third-order valence-electron chi connectivity index (χ3n) is 4.36. The number of H-pyrrole nitrogens is 1. The van der Waals surface area contributed by atoms with E-state index in [9.17, 15) is 14.9 Å². The van der Waals surface area contributed by atoms with Crippen molar-refractivity contribution in [1.82, 2.24) is 20.6 Å². The van der Waals surface area contributed by atoms with Crippen LogP contribution in [-0.4, -0.2) is 25.5 Å². The molecule has 0 bridgehead atoms. The summed E-state index contributed by atoms with van der Waals surface area (Å²) in [6, 6.07) is 9.06. The molecule has 4 aromatic rings. The smallest absolute Gasteiger partial charge is 0.269 e. The van der Waals surface area contributed by atoms with E-state index in [1.807, 2.05) is 6.92 Å². The molecule has 29 heavy (non-hydrogen) atoms. The van der Waals surface area contributed by atoms with Gasteiger partial charge in [0.25, 0.3) is 5.69 Å². The Hall–Kier alpha value is -3.85. The highest BCUT2D eigenvalue weighted by Gasteiger charge is 2.15. The maximum absolute atomic E-state index is 13.0. The van der Waals surface area contributed by atoms with E-state index >= 15 is 0 Å². The van der Waals surface area contributed by atoms with E-state index in [1.165, 1.54) is 18.4 Å². The number of rotatable bonds is 4. The van der Waals surface area contributed by atoms with Gasteiger partial charge in [-0.1, -0.05) is 11.6 Å². The molecule has 0 saturated heterocycles. The topological polar surface area (TPSA) is 128 Å². The Morgan fingerprint density at radius 3 is 2.69 bits per heavy atom. The number of benzene rings is 2. The summed E-state index contributed by atoms with van der Waals surface area (Å²) >= 11 is 6.15. The summed E-state index contributed by atoms with van der Waals surface area (Å²) < 4.78 is 5.61. The molecule has 0 aliphatic heterocycles. The Morgan fingerprint density at radius 2 is 2.03 bits per heavy atom. The monoisotopic (exact) mass is 409 g/mol. The Kier molecular flexibility index (Phi) is 4.65. The minimum absolute atomic E-state index is 0.0588. The molecule has 0 radical (unpaired) electrons. The number of tetrazole rings is 1. The van der Waals surface area contributed by atoms with Gasteiger partial charge in [-0.15, -0.1) is 10.2 Å². The van der Waals surface area contributed by atoms with Crippen molar-refractivity contribution in [2.75, 3.05) is 0 Å². The Balaban J connectivity index is 1.89. The SMILES string of the molecule is Cc1cc2occ(/C=C(/c3ccc([N+](=O)[O-])cc3)c3nn[nH]n3)c(=O)c2cc1Cl. The van der Waals surface area contributed by atoms with Crippen LogP contribution in [0.15, 0.2) is 51.9 Å². The molecular weight excluding hydrogens is 398 g/mol. The van der Waals surface area contributed by atoms with Crippen molar-refractivity contribution in [3.05, 3.63) is 90.5 Å². The first-order valence-electron chi connectivity index (χ1n) is 8.36. The lowest BCUT2D eigenvalue weighted by atomic mass is 10.0. The van der Waals surface area contributed by atoms with Crippen LogP contribution in [-0.2, 0) is 0 Å². The number of non-ortho nitro benzene ring substituents is 1. The zero-order valence-electron chi connectivity index (χ0n) is 14.9. The van der Waals surface area contributed by atoms with Gasteiger partial charge in [-0.2, -0.15) is 5.21 Å². The second-order valence-corrected chi connectivity index (χ2v) is 6.62. The van der Waals surface area contributed by atoms with E-state index < -0.39 is 4.92 Å². The van der Waals surface area contributed by atoms with E-state index in [4.69, 9.17) is 16.0 Å². The highest BCUT2D eigenvalue weighted by Crippen LogP contribution is 2.26. The average Bonchev–Trinajstić information content (AvgIpc) is 3.24. The van der Waals surface area contributed by atoms with Gasteiger partial charge in [0.2, 0.25) is 5.82 Å². The number of nitrogens with one attached hydrogen (secondary N) is 1. The summed E-state index contributed by atoms with van der Waals surface area (Å²) in [6.07, 6.45) is 2.88. The molecule has 0 fully saturated rings. The number of halogens is 1. The van der Waals surface area contributed by atoms with Gasteiger partial charge in [-0.3, -0.25) is 14.9 Å². The molecule has 144 valence electrons. The quantitative estimate of drug-likeness (QED) is 0.401. The number of nitro groups is 1. The van der Waals surface area contributed by atoms with Gasteiger partial charge in [0.1, 0.15) is 11.8 Å². The highest BCUT2D eigenvalue weighted by atomic mass is 35.5. The summed E-state index contributed by atoms with van der Waals surface area (Å²) in [5, 5.41) is 25.5. The van der Waals surface area contributed by atoms with Crippen LogP contribution in [0.2, 0.25) is 5.02 Å². The molecule has 0 saturated carbocycles. The molecule has 0 aliphatic rings. The molecule has 10 heteroatoms. The van der Waals surface area contributed by atoms with Crippen molar-refractivity contribution in [3.8, 4) is 0 Å². The number of nitrogens with zero attached hydrogens (tertiary/aromatic N) is 4. The number of fused-ring (bicyclic) bond motifs is 1. The second kappa shape index (κ2) is 7.28. The molecule has 1 N–H and O–H groups in total. The van der Waals surface area contributed by atoms with Gasteiger partial charge < -0.3 is 4.42 Å². The molecule has 0 aliphatic carbocycles. The minimum Gasteiger partial charge on any atom is -0.463 e. The van der Waals surface area contributed by atoms with Crippen LogP contribution in [0, 0.1) is 17.0 Å². The summed E-state index contributed by atoms with van der Waals surface area (Å²) in [5.41, 5.74) is 2.13. The molecule has 0 atom stereocenters. The van der Waals surface area contributed by atoms with Crippen molar-refractivity contribution in [2.45, 2.75) is 6.92 Å². The fourth-order valence-electron chi connectivity index (χ4n) is 2.84. The Labute approximate surface area is 167 Å². The van der Waals surface area contributed by atoms with E-state index in [2.05, 4.69) is 20.6 Å². The molecule has 0 spiro atoms. The van der Waals surface area contributed by atoms with Gasteiger partial charge in [-0.05, 0) is 53.6 Å². The summed E-state index contributed by atoms with van der Waals surface area (Å²) in [4.78, 5) is 23.4. The van der Waals surface area contributed by atoms with Crippen LogP contribution in [0.25, 0.3) is 22.6 Å². The number of hydrogen-bond donors (Lipinski definition) is 1. The van der Waals surface area contributed by atoms with Crippen LogP contribution in [0.1, 0.15) is 22.5 Å². The lowest BCUT2D eigenvalue weighted by molar-refractivity contribution is -0.384. The van der Waals surface area contributed by atoms with Crippen LogP contribution < -0.4 is 5.43 Å². The first-order chi connectivity index (χ1) is 13.9. The zero-order chi connectivity index (χ0) is 20.5. The van der Waals surface area contributed by atoms with E-state index in [1.54, 1.807) is 30.3 Å². The van der Waals surface area contributed by atoms with Gasteiger partial charge in [0.05, 0.1) is 15.9 Å². The fraction of sp³-hybridized carbons (Fsp3) is 0.0526. The summed E-state index contributed by atoms with van der Waals surface area (Å²) in [7, 11) is 0. The van der Waals surface area contributed by atoms with Crippen molar-refractivity contribution >= 4 is 39.9 Å². The molecule has 2 aromatic carbocycles. The first kappa shape index (κ1) is 18.5. The summed E-state index contributed by atoms with van der Waals surface area (Å²) in [6.45, 7) is 1.82. The minimum atomic E-state index is -0.495. The third-order valence-corrected chi connectivity index (χ3v) is 4.76. The second-order valence-electron chi connectivity index (χ2n) is 6.22. The normalized spacial score (nSPS) is 11.7. The molecule has 2 heterocycles. The van der Waals surface area contributed by atoms with E-state index in [0.29, 0.717) is 27.1 Å². The van der Waals surface area contributed by atoms with E-state index in [0.717, 1.165) is 5.56 Å². The predicted octanol–water partition coefficient (Wildman–Crippen LogP) is 3.77. The number of nitro benzene ring substituents is 1. The Bertz CT molecular complexity index is 1310. The standard InChI is InChI=1S/C19H12ClN5O4/c1-10-6-17-15(8-16(10)20)18(26)12(9-29-17)7-14(19-21-23-24-22-19)11-2-4-13(5-3-11)25(27)28/h2-9H,1H3,(H,21,22,23,24)/b14-7-. The largest absolute Gasteiger partial charge is 0.463 e. The van der Waals surface area contributed by atoms with Gasteiger partial charge in [0.15, 0.2) is 5.43 Å². The van der Waals surface area contributed by atoms with Crippen LogP contribution in [0.3, 0.4) is 0 Å². The van der Waals surface area contributed by atoms with Crippen LogP contribution in [0.4, 0.5) is 5.69 Å². The molecule has 9 nitrogen and oxygen atoms in total. The summed E-state index contributed by atoms with van der Waals surface area (Å²) in [5.74, 6) is 0.222. The van der Waals surface area contributed by atoms with Crippen molar-refractivity contribution in [3.63, 3.8) is 0 Å². The zero-order valence-corrected chi connectivity index (χ0v) is 15.7. The van der Waals surface area contributed by atoms with Gasteiger partial charge in [0, 0.05) is 22.7 Å². The van der Waals surface area contributed by atoms with Crippen LogP contribution >= 0.6 is 11.6 Å². The van der Waals surface area contributed by atoms with E-state index in [-0.39, 0.29) is 22.5 Å². The molecule has 0 amide bonds. The van der Waals surface area contributed by atoms with Gasteiger partial charge in [-0.25, -0.2) is 0 Å². The highest BCUT2D eigenvalue weighted by molar-refractivity contribution is 6.32. The fourth-order valence-corrected chi connectivity index (χ4v) is 3.00. The average molecular weight is 410 g/mol. The lowest BCUT2D eigenvalue weighted by Crippen LogP contribution is -2.06. The van der Waals surface area contributed by atoms with Crippen molar-refractivity contribution in [1.29, 1.82) is 0 Å². The molecular formula is C19H12ClN5O4. The van der Waals surface area contributed by atoms with Gasteiger partial charge >= 0.3 is 0 Å². The van der Waals surface area contributed by atoms with Crippen molar-refractivity contribution < 1.29 is 9.34 Å².